The smallest absolute Gasteiger partial charge is 0.335 e. The number of likely N-dealkylation sites (tertiary alicyclic amines) is 1. The van der Waals surface area contributed by atoms with Gasteiger partial charge in [0, 0.05) is 42.6 Å². The number of hydrogen-bond acceptors (Lipinski definition) is 7. The van der Waals surface area contributed by atoms with Gasteiger partial charge < -0.3 is 14.7 Å². The van der Waals surface area contributed by atoms with E-state index in [0.29, 0.717) is 18.4 Å². The summed E-state index contributed by atoms with van der Waals surface area (Å²) in [6.45, 7) is 5.57. The predicted molar refractivity (Wildman–Crippen MR) is 194 cm³/mol. The number of benzene rings is 2. The maximum atomic E-state index is 13.0. The Morgan fingerprint density at radius 1 is 0.765 bits per heavy atom. The largest absolute Gasteiger partial charge is 0.478 e. The minimum absolute atomic E-state index is 0.0535. The van der Waals surface area contributed by atoms with Gasteiger partial charge in [-0.3, -0.25) is 14.4 Å². The molecule has 0 radical (unpaired) electrons. The van der Waals surface area contributed by atoms with E-state index in [2.05, 4.69) is 34.2 Å². The first-order valence-corrected chi connectivity index (χ1v) is 18.2. The molecule has 11 heteroatoms. The standard InChI is InChI=1S/C24H31N3O3.C16H16N2O3/c1-16(2)30-19-10-12-27(13-11-19)24(29)18-7-5-6-17(14-18)15-22-20-8-3-4-9-21(20)23(28)26-25-22;19-15-13-7-2-1-6-12(13)14(17-18-15)9-10-4-3-5-11(8-10)16(20)21/h5-7,14,16,19H,3-4,8-13,15H2,1-2H3,(H,26,28);3-5,8H,1-2,6-7,9H2,(H,18,19)(H,20,21). The van der Waals surface area contributed by atoms with Crippen molar-refractivity contribution in [1.82, 2.24) is 25.3 Å². The van der Waals surface area contributed by atoms with Crippen LogP contribution in [0.25, 0.3) is 0 Å². The summed E-state index contributed by atoms with van der Waals surface area (Å²) in [5.41, 5.74) is 8.46. The molecule has 7 rings (SSSR count). The van der Waals surface area contributed by atoms with Crippen LogP contribution in [0.1, 0.15) is 118 Å². The fourth-order valence-electron chi connectivity index (χ4n) is 7.53. The number of carbonyl (C=O) groups is 2. The Labute approximate surface area is 297 Å². The van der Waals surface area contributed by atoms with E-state index in [1.54, 1.807) is 18.2 Å². The van der Waals surface area contributed by atoms with Gasteiger partial charge in [0.25, 0.3) is 17.0 Å². The zero-order valence-corrected chi connectivity index (χ0v) is 29.5. The summed E-state index contributed by atoms with van der Waals surface area (Å²) in [4.78, 5) is 49.9. The SMILES string of the molecule is CC(C)OC1CCN(C(=O)c2cccc(Cc3n[nH]c(=O)c4c3CCCC4)c2)CC1.O=C(O)c1cccc(Cc2n[nH]c(=O)c3c2CCCC3)c1. The number of hydrogen-bond donors (Lipinski definition) is 3. The molecule has 1 amide bonds. The van der Waals surface area contributed by atoms with Gasteiger partial charge >= 0.3 is 5.97 Å². The summed E-state index contributed by atoms with van der Waals surface area (Å²) in [6.07, 6.45) is 11.1. The summed E-state index contributed by atoms with van der Waals surface area (Å²) < 4.78 is 5.89. The van der Waals surface area contributed by atoms with Gasteiger partial charge in [0.05, 0.1) is 29.2 Å². The van der Waals surface area contributed by atoms with E-state index >= 15 is 0 Å². The Morgan fingerprint density at radius 3 is 1.73 bits per heavy atom. The minimum Gasteiger partial charge on any atom is -0.478 e. The third-order valence-corrected chi connectivity index (χ3v) is 10.1. The molecule has 0 unspecified atom stereocenters. The molecule has 11 nitrogen and oxygen atoms in total. The number of H-pyrrole nitrogens is 2. The molecule has 1 aliphatic heterocycles. The number of fused-ring (bicyclic) bond motifs is 2. The average Bonchev–Trinajstić information content (AvgIpc) is 3.14. The van der Waals surface area contributed by atoms with Gasteiger partial charge in [-0.15, -0.1) is 0 Å². The van der Waals surface area contributed by atoms with Gasteiger partial charge in [0.2, 0.25) is 0 Å². The van der Waals surface area contributed by atoms with Crippen molar-refractivity contribution in [2.45, 2.75) is 103 Å². The summed E-state index contributed by atoms with van der Waals surface area (Å²) in [5, 5.41) is 22.8. The van der Waals surface area contributed by atoms with Crippen molar-refractivity contribution in [1.29, 1.82) is 0 Å². The van der Waals surface area contributed by atoms with E-state index in [1.807, 2.05) is 35.2 Å². The molecule has 2 aromatic heterocycles. The van der Waals surface area contributed by atoms with Crippen LogP contribution < -0.4 is 11.1 Å². The topological polar surface area (TPSA) is 158 Å². The molecule has 1 saturated heterocycles. The molecule has 4 aromatic rings. The maximum Gasteiger partial charge on any atom is 0.335 e. The molecule has 51 heavy (non-hydrogen) atoms. The summed E-state index contributed by atoms with van der Waals surface area (Å²) in [5.74, 6) is -0.857. The van der Waals surface area contributed by atoms with Gasteiger partial charge in [-0.25, -0.2) is 15.0 Å². The molecule has 268 valence electrons. The van der Waals surface area contributed by atoms with Crippen LogP contribution in [0.2, 0.25) is 0 Å². The highest BCUT2D eigenvalue weighted by Gasteiger charge is 2.25. The number of aromatic amines is 2. The molecule has 0 bridgehead atoms. The number of nitrogens with zero attached hydrogens (tertiary/aromatic N) is 3. The van der Waals surface area contributed by atoms with E-state index in [0.717, 1.165) is 122 Å². The van der Waals surface area contributed by atoms with E-state index in [-0.39, 0.29) is 34.8 Å². The highest BCUT2D eigenvalue weighted by molar-refractivity contribution is 5.94. The van der Waals surface area contributed by atoms with Crippen LogP contribution in [0.5, 0.6) is 0 Å². The van der Waals surface area contributed by atoms with Gasteiger partial charge in [0.1, 0.15) is 0 Å². The lowest BCUT2D eigenvalue weighted by atomic mass is 9.90. The van der Waals surface area contributed by atoms with Crippen LogP contribution in [0.3, 0.4) is 0 Å². The molecule has 0 spiro atoms. The number of carboxylic acids is 1. The number of aromatic nitrogens is 4. The lowest BCUT2D eigenvalue weighted by molar-refractivity contribution is -0.0236. The highest BCUT2D eigenvalue weighted by atomic mass is 16.5. The second kappa shape index (κ2) is 16.4. The first-order chi connectivity index (χ1) is 24.7. The number of amides is 1. The van der Waals surface area contributed by atoms with Crippen molar-refractivity contribution >= 4 is 11.9 Å². The van der Waals surface area contributed by atoms with Crippen LogP contribution in [0.4, 0.5) is 0 Å². The average molecular weight is 694 g/mol. The number of ether oxygens (including phenoxy) is 1. The molecular weight excluding hydrogens is 646 g/mol. The molecule has 2 aromatic carbocycles. The van der Waals surface area contributed by atoms with Crippen LogP contribution in [-0.4, -0.2) is 67.6 Å². The van der Waals surface area contributed by atoms with Crippen LogP contribution in [0.15, 0.2) is 58.1 Å². The monoisotopic (exact) mass is 693 g/mol. The van der Waals surface area contributed by atoms with Gasteiger partial charge in [-0.1, -0.05) is 24.3 Å². The third-order valence-electron chi connectivity index (χ3n) is 10.1. The van der Waals surface area contributed by atoms with Crippen molar-refractivity contribution in [3.8, 4) is 0 Å². The van der Waals surface area contributed by atoms with Crippen LogP contribution in [-0.2, 0) is 43.3 Å². The van der Waals surface area contributed by atoms with Gasteiger partial charge in [0.15, 0.2) is 0 Å². The zero-order chi connectivity index (χ0) is 35.9. The number of piperidine rings is 1. The number of carboxylic acid groups (broad SMARTS) is 1. The number of rotatable bonds is 8. The third kappa shape index (κ3) is 8.89. The lowest BCUT2D eigenvalue weighted by Crippen LogP contribution is -2.41. The first kappa shape index (κ1) is 35.9. The fraction of sp³-hybridized carbons (Fsp3) is 0.450. The molecule has 3 N–H and O–H groups in total. The Hall–Kier alpha value is -4.90. The van der Waals surface area contributed by atoms with Crippen molar-refractivity contribution < 1.29 is 19.4 Å². The van der Waals surface area contributed by atoms with Crippen molar-refractivity contribution in [2.24, 2.45) is 0 Å². The molecule has 1 fully saturated rings. The fourth-order valence-corrected chi connectivity index (χ4v) is 7.53. The van der Waals surface area contributed by atoms with E-state index < -0.39 is 5.97 Å². The number of nitrogens with one attached hydrogen (secondary N) is 2. The Balaban J connectivity index is 0.000000187. The normalized spacial score (nSPS) is 15.8. The molecule has 0 atom stereocenters. The number of aromatic carboxylic acids is 1. The second-order valence-electron chi connectivity index (χ2n) is 14.1. The molecular formula is C40H47N5O6. The lowest BCUT2D eigenvalue weighted by Gasteiger charge is -2.33. The summed E-state index contributed by atoms with van der Waals surface area (Å²) in [7, 11) is 0. The predicted octanol–water partition coefficient (Wildman–Crippen LogP) is 5.21. The highest BCUT2D eigenvalue weighted by Crippen LogP contribution is 2.24. The minimum atomic E-state index is -0.937. The van der Waals surface area contributed by atoms with Gasteiger partial charge in [-0.2, -0.15) is 10.2 Å². The maximum absolute atomic E-state index is 13.0. The summed E-state index contributed by atoms with van der Waals surface area (Å²) >= 11 is 0. The van der Waals surface area contributed by atoms with Crippen molar-refractivity contribution in [3.63, 3.8) is 0 Å². The van der Waals surface area contributed by atoms with E-state index in [9.17, 15) is 19.2 Å². The molecule has 3 heterocycles. The second-order valence-corrected chi connectivity index (χ2v) is 14.1. The first-order valence-electron chi connectivity index (χ1n) is 18.2. The van der Waals surface area contributed by atoms with E-state index in [1.165, 1.54) is 0 Å². The molecule has 0 saturated carbocycles. The Kier molecular flexibility index (Phi) is 11.6. The Bertz CT molecular complexity index is 1990. The quantitative estimate of drug-likeness (QED) is 0.227. The number of carbonyl (C=O) groups excluding carboxylic acids is 1. The van der Waals surface area contributed by atoms with Crippen LogP contribution in [0, 0.1) is 0 Å². The van der Waals surface area contributed by atoms with E-state index in [4.69, 9.17) is 9.84 Å². The van der Waals surface area contributed by atoms with Crippen molar-refractivity contribution in [2.75, 3.05) is 13.1 Å². The summed E-state index contributed by atoms with van der Waals surface area (Å²) in [6, 6.07) is 14.7. The Morgan fingerprint density at radius 2 is 1.24 bits per heavy atom. The molecule has 2 aliphatic carbocycles. The van der Waals surface area contributed by atoms with Crippen LogP contribution >= 0.6 is 0 Å². The zero-order valence-electron chi connectivity index (χ0n) is 29.5. The van der Waals surface area contributed by atoms with Gasteiger partial charge in [-0.05, 0) is 125 Å². The van der Waals surface area contributed by atoms with Crippen molar-refractivity contribution in [3.05, 3.63) is 125 Å². The molecule has 3 aliphatic rings.